The topological polar surface area (TPSA) is 46.2 Å². The summed E-state index contributed by atoms with van der Waals surface area (Å²) in [6.07, 6.45) is 0.811. The van der Waals surface area contributed by atoms with Crippen molar-refractivity contribution in [2.75, 3.05) is 5.32 Å². The number of sulfone groups is 1. The SMILES string of the molecule is CC1(C)C(Cl)CC1Nc1ccc(S(=O)(=O)C(F)F)cc1. The Balaban J connectivity index is 2.11. The van der Waals surface area contributed by atoms with E-state index in [-0.39, 0.29) is 21.7 Å². The second kappa shape index (κ2) is 5.15. The van der Waals surface area contributed by atoms with E-state index in [4.69, 9.17) is 11.6 Å². The van der Waals surface area contributed by atoms with E-state index in [9.17, 15) is 17.2 Å². The highest BCUT2D eigenvalue weighted by molar-refractivity contribution is 7.91. The van der Waals surface area contributed by atoms with E-state index >= 15 is 0 Å². The third-order valence-electron chi connectivity index (χ3n) is 3.91. The van der Waals surface area contributed by atoms with Gasteiger partial charge in [-0.15, -0.1) is 11.6 Å². The number of rotatable bonds is 4. The first-order valence-corrected chi connectivity index (χ1v) is 8.16. The number of benzene rings is 1. The Morgan fingerprint density at radius 3 is 2.25 bits per heavy atom. The standard InChI is InChI=1S/C13H16ClF2NO2S/c1-13(2)10(14)7-11(13)17-8-3-5-9(6-4-8)20(18,19)12(15)16/h3-6,10-12,17H,7H2,1-2H3. The average Bonchev–Trinajstić information content (AvgIpc) is 2.39. The van der Waals surface area contributed by atoms with Gasteiger partial charge >= 0.3 is 5.76 Å². The van der Waals surface area contributed by atoms with Crippen molar-refractivity contribution in [3.8, 4) is 0 Å². The summed E-state index contributed by atoms with van der Waals surface area (Å²) in [5.41, 5.74) is 0.634. The molecule has 2 unspecified atom stereocenters. The summed E-state index contributed by atoms with van der Waals surface area (Å²) in [6.45, 7) is 4.09. The van der Waals surface area contributed by atoms with Gasteiger partial charge in [-0.2, -0.15) is 8.78 Å². The molecule has 1 aromatic carbocycles. The molecule has 0 heterocycles. The molecule has 0 saturated heterocycles. The first-order valence-electron chi connectivity index (χ1n) is 6.18. The Labute approximate surface area is 122 Å². The zero-order chi connectivity index (χ0) is 15.1. The molecule has 0 radical (unpaired) electrons. The van der Waals surface area contributed by atoms with Gasteiger partial charge in [0.1, 0.15) is 0 Å². The van der Waals surface area contributed by atoms with Crippen LogP contribution in [0.15, 0.2) is 29.2 Å². The van der Waals surface area contributed by atoms with E-state index in [1.54, 1.807) is 0 Å². The Bertz CT molecular complexity index is 587. The van der Waals surface area contributed by atoms with Gasteiger partial charge in [-0.25, -0.2) is 8.42 Å². The maximum Gasteiger partial charge on any atom is 0.341 e. The van der Waals surface area contributed by atoms with E-state index in [2.05, 4.69) is 5.32 Å². The molecule has 7 heteroatoms. The normalized spacial score (nSPS) is 25.3. The van der Waals surface area contributed by atoms with Crippen LogP contribution in [-0.4, -0.2) is 25.6 Å². The van der Waals surface area contributed by atoms with Gasteiger partial charge in [-0.3, -0.25) is 0 Å². The fraction of sp³-hybridized carbons (Fsp3) is 0.538. The molecule has 1 fully saturated rings. The van der Waals surface area contributed by atoms with E-state index in [0.29, 0.717) is 5.69 Å². The molecule has 0 aliphatic heterocycles. The van der Waals surface area contributed by atoms with Crippen LogP contribution in [0.2, 0.25) is 0 Å². The zero-order valence-electron chi connectivity index (χ0n) is 11.1. The van der Waals surface area contributed by atoms with Crippen LogP contribution in [-0.2, 0) is 9.84 Å². The lowest BCUT2D eigenvalue weighted by Crippen LogP contribution is -2.54. The second-order valence-corrected chi connectivity index (χ2v) is 8.00. The van der Waals surface area contributed by atoms with Crippen molar-refractivity contribution < 1.29 is 17.2 Å². The van der Waals surface area contributed by atoms with Crippen molar-refractivity contribution in [3.63, 3.8) is 0 Å². The molecule has 1 N–H and O–H groups in total. The molecule has 0 amide bonds. The van der Waals surface area contributed by atoms with Crippen LogP contribution in [0.3, 0.4) is 0 Å². The van der Waals surface area contributed by atoms with Crippen molar-refractivity contribution in [1.82, 2.24) is 0 Å². The predicted molar refractivity (Wildman–Crippen MR) is 75.1 cm³/mol. The summed E-state index contributed by atoms with van der Waals surface area (Å²) >= 11 is 6.12. The fourth-order valence-electron chi connectivity index (χ4n) is 2.16. The number of alkyl halides is 3. The highest BCUT2D eigenvalue weighted by Gasteiger charge is 2.47. The lowest BCUT2D eigenvalue weighted by molar-refractivity contribution is 0.168. The second-order valence-electron chi connectivity index (χ2n) is 5.55. The number of hydrogen-bond acceptors (Lipinski definition) is 3. The van der Waals surface area contributed by atoms with Gasteiger partial charge in [0, 0.05) is 22.5 Å². The van der Waals surface area contributed by atoms with Crippen molar-refractivity contribution in [2.24, 2.45) is 5.41 Å². The van der Waals surface area contributed by atoms with Gasteiger partial charge in [-0.1, -0.05) is 13.8 Å². The molecule has 3 nitrogen and oxygen atoms in total. The minimum Gasteiger partial charge on any atom is -0.382 e. The molecule has 112 valence electrons. The molecule has 1 aromatic rings. The number of anilines is 1. The first kappa shape index (κ1) is 15.5. The third-order valence-corrected chi connectivity index (χ3v) is 6.05. The lowest BCUT2D eigenvalue weighted by atomic mass is 9.66. The van der Waals surface area contributed by atoms with E-state index in [0.717, 1.165) is 6.42 Å². The van der Waals surface area contributed by atoms with Gasteiger partial charge in [0.15, 0.2) is 0 Å². The van der Waals surface area contributed by atoms with Crippen LogP contribution in [0.5, 0.6) is 0 Å². The van der Waals surface area contributed by atoms with E-state index in [1.807, 2.05) is 13.8 Å². The highest BCUT2D eigenvalue weighted by atomic mass is 35.5. The average molecular weight is 324 g/mol. The van der Waals surface area contributed by atoms with E-state index in [1.165, 1.54) is 24.3 Å². The zero-order valence-corrected chi connectivity index (χ0v) is 12.7. The highest BCUT2D eigenvalue weighted by Crippen LogP contribution is 2.45. The number of nitrogens with one attached hydrogen (secondary N) is 1. The number of hydrogen-bond donors (Lipinski definition) is 1. The van der Waals surface area contributed by atoms with Crippen LogP contribution >= 0.6 is 11.6 Å². The largest absolute Gasteiger partial charge is 0.382 e. The molecule has 1 aliphatic rings. The maximum atomic E-state index is 12.4. The summed E-state index contributed by atoms with van der Waals surface area (Å²) in [6, 6.07) is 5.55. The van der Waals surface area contributed by atoms with Gasteiger partial charge in [0.2, 0.25) is 9.84 Å². The molecule has 1 saturated carbocycles. The van der Waals surface area contributed by atoms with Gasteiger partial charge < -0.3 is 5.32 Å². The van der Waals surface area contributed by atoms with Gasteiger partial charge in [0.25, 0.3) is 0 Å². The molecule has 20 heavy (non-hydrogen) atoms. The Kier molecular flexibility index (Phi) is 3.99. The third kappa shape index (κ3) is 2.63. The predicted octanol–water partition coefficient (Wildman–Crippen LogP) is 3.50. The summed E-state index contributed by atoms with van der Waals surface area (Å²) < 4.78 is 47.4. The van der Waals surface area contributed by atoms with Crippen LogP contribution in [0, 0.1) is 5.41 Å². The van der Waals surface area contributed by atoms with Crippen LogP contribution < -0.4 is 5.32 Å². The summed E-state index contributed by atoms with van der Waals surface area (Å²) in [5, 5.41) is 3.34. The molecule has 0 bridgehead atoms. The van der Waals surface area contributed by atoms with Crippen LogP contribution in [0.25, 0.3) is 0 Å². The van der Waals surface area contributed by atoms with Gasteiger partial charge in [0.05, 0.1) is 4.90 Å². The Hall–Kier alpha value is -0.880. The van der Waals surface area contributed by atoms with E-state index < -0.39 is 15.6 Å². The van der Waals surface area contributed by atoms with Crippen molar-refractivity contribution in [1.29, 1.82) is 0 Å². The van der Waals surface area contributed by atoms with Gasteiger partial charge in [-0.05, 0) is 30.7 Å². The van der Waals surface area contributed by atoms with Crippen LogP contribution in [0.4, 0.5) is 14.5 Å². The molecular weight excluding hydrogens is 308 g/mol. The van der Waals surface area contributed by atoms with Crippen molar-refractivity contribution in [3.05, 3.63) is 24.3 Å². The molecule has 0 aromatic heterocycles. The van der Waals surface area contributed by atoms with Crippen LogP contribution in [0.1, 0.15) is 20.3 Å². The molecule has 0 spiro atoms. The lowest BCUT2D eigenvalue weighted by Gasteiger charge is -2.49. The molecule has 2 atom stereocenters. The Morgan fingerprint density at radius 2 is 1.85 bits per heavy atom. The number of halogens is 3. The summed E-state index contributed by atoms with van der Waals surface area (Å²) in [4.78, 5) is -0.374. The maximum absolute atomic E-state index is 12.4. The molecule has 1 aliphatic carbocycles. The summed E-state index contributed by atoms with van der Waals surface area (Å²) in [7, 11) is -4.53. The fourth-order valence-corrected chi connectivity index (χ4v) is 3.21. The summed E-state index contributed by atoms with van der Waals surface area (Å²) in [5.74, 6) is -3.40. The van der Waals surface area contributed by atoms with Crippen molar-refractivity contribution in [2.45, 2.75) is 42.3 Å². The minimum atomic E-state index is -4.53. The Morgan fingerprint density at radius 1 is 1.30 bits per heavy atom. The smallest absolute Gasteiger partial charge is 0.341 e. The monoisotopic (exact) mass is 323 g/mol. The molecular formula is C13H16ClF2NO2S. The van der Waals surface area contributed by atoms with Crippen molar-refractivity contribution >= 4 is 27.1 Å². The molecule has 2 rings (SSSR count). The minimum absolute atomic E-state index is 0.0602. The quantitative estimate of drug-likeness (QED) is 0.863. The first-order chi connectivity index (χ1) is 9.15.